The fraction of sp³-hybridized carbons (Fsp3) is 0.571. The number of nitrogens with one attached hydrogen (secondary N) is 3. The van der Waals surface area contributed by atoms with Gasteiger partial charge >= 0.3 is 6.03 Å². The molecule has 4 N–H and O–H groups in total. The van der Waals surface area contributed by atoms with E-state index in [0.29, 0.717) is 12.5 Å². The third kappa shape index (κ3) is 8.12. The minimum Gasteiger partial charge on any atom is -0.337 e. The number of amides is 4. The van der Waals surface area contributed by atoms with E-state index in [1.54, 1.807) is 19.3 Å². The highest BCUT2D eigenvalue weighted by atomic mass is 19.1. The number of hydrogen-bond acceptors (Lipinski definition) is 4. The molecule has 31 heavy (non-hydrogen) atoms. The predicted molar refractivity (Wildman–Crippen MR) is 110 cm³/mol. The molecule has 2 rings (SSSR count). The Morgan fingerprint density at radius 3 is 2.52 bits per heavy atom. The van der Waals surface area contributed by atoms with Gasteiger partial charge in [-0.1, -0.05) is 26.7 Å². The summed E-state index contributed by atoms with van der Waals surface area (Å²) in [5.74, 6) is -2.06. The van der Waals surface area contributed by atoms with Crippen LogP contribution in [0.5, 0.6) is 0 Å². The lowest BCUT2D eigenvalue weighted by molar-refractivity contribution is -0.141. The summed E-state index contributed by atoms with van der Waals surface area (Å²) in [7, 11) is 0. The Kier molecular flexibility index (Phi) is 8.73. The third-order valence-electron chi connectivity index (χ3n) is 5.30. The van der Waals surface area contributed by atoms with Crippen LogP contribution in [0.15, 0.2) is 18.2 Å². The van der Waals surface area contributed by atoms with Crippen LogP contribution in [0, 0.1) is 23.0 Å². The van der Waals surface area contributed by atoms with Gasteiger partial charge in [-0.15, -0.1) is 0 Å². The maximum Gasteiger partial charge on any atom is 0.319 e. The van der Waals surface area contributed by atoms with Crippen molar-refractivity contribution < 1.29 is 28.4 Å². The van der Waals surface area contributed by atoms with Gasteiger partial charge in [-0.05, 0) is 36.3 Å². The van der Waals surface area contributed by atoms with Gasteiger partial charge in [-0.25, -0.2) is 19.1 Å². The van der Waals surface area contributed by atoms with Crippen molar-refractivity contribution in [3.8, 4) is 0 Å². The number of anilines is 1. The fourth-order valence-electron chi connectivity index (χ4n) is 3.63. The highest BCUT2D eigenvalue weighted by Crippen LogP contribution is 2.27. The normalized spacial score (nSPS) is 14.2. The van der Waals surface area contributed by atoms with Gasteiger partial charge in [-0.3, -0.25) is 14.8 Å². The molecule has 0 spiro atoms. The molecule has 1 aromatic carbocycles. The molecule has 172 valence electrons. The zero-order chi connectivity index (χ0) is 23.0. The molecule has 1 aliphatic carbocycles. The molecule has 8 nitrogen and oxygen atoms in total. The lowest BCUT2D eigenvalue weighted by Gasteiger charge is -2.30. The van der Waals surface area contributed by atoms with Gasteiger partial charge < -0.3 is 15.5 Å². The monoisotopic (exact) mass is 440 g/mol. The van der Waals surface area contributed by atoms with Crippen LogP contribution in [-0.2, 0) is 9.59 Å². The number of nitrogens with zero attached hydrogens (tertiary/aromatic N) is 1. The first-order valence-electron chi connectivity index (χ1n) is 10.3. The van der Waals surface area contributed by atoms with Crippen molar-refractivity contribution in [1.29, 1.82) is 0 Å². The van der Waals surface area contributed by atoms with Crippen molar-refractivity contribution in [3.63, 3.8) is 0 Å². The van der Waals surface area contributed by atoms with Crippen molar-refractivity contribution in [2.45, 2.75) is 46.0 Å². The van der Waals surface area contributed by atoms with Crippen LogP contribution in [0.2, 0.25) is 0 Å². The zero-order valence-corrected chi connectivity index (χ0v) is 17.8. The molecule has 10 heteroatoms. The number of halogens is 2. The molecular weight excluding hydrogens is 410 g/mol. The van der Waals surface area contributed by atoms with E-state index in [1.807, 2.05) is 0 Å². The van der Waals surface area contributed by atoms with Crippen molar-refractivity contribution in [2.24, 2.45) is 11.3 Å². The molecule has 0 aromatic heterocycles. The molecular formula is C21H30F2N4O4. The molecule has 1 aliphatic rings. The second-order valence-electron chi connectivity index (χ2n) is 8.73. The number of hydrogen-bond donors (Lipinski definition) is 4. The van der Waals surface area contributed by atoms with E-state index in [1.165, 1.54) is 4.90 Å². The summed E-state index contributed by atoms with van der Waals surface area (Å²) in [5, 5.41) is 13.6. The lowest BCUT2D eigenvalue weighted by atomic mass is 9.88. The highest BCUT2D eigenvalue weighted by Gasteiger charge is 2.29. The molecule has 0 atom stereocenters. The molecule has 0 bridgehead atoms. The number of carbonyl (C=O) groups is 3. The predicted octanol–water partition coefficient (Wildman–Crippen LogP) is 3.03. The molecule has 1 aromatic rings. The topological polar surface area (TPSA) is 111 Å². The van der Waals surface area contributed by atoms with Gasteiger partial charge in [0.25, 0.3) is 5.91 Å². The van der Waals surface area contributed by atoms with Crippen LogP contribution >= 0.6 is 0 Å². The molecule has 0 unspecified atom stereocenters. The Morgan fingerprint density at radius 1 is 1.19 bits per heavy atom. The van der Waals surface area contributed by atoms with E-state index in [4.69, 9.17) is 5.21 Å². The number of rotatable bonds is 9. The summed E-state index contributed by atoms with van der Waals surface area (Å²) < 4.78 is 26.9. The second-order valence-corrected chi connectivity index (χ2v) is 8.73. The standard InChI is InChI=1S/C21H30F2N4O4/c1-21(2,13-24-20(30)25-17-9-15(22)7-8-16(17)23)10-19(29)27(12-18(28)26-31)11-14-5-3-4-6-14/h7-9,14,31H,3-6,10-13H2,1-2H3,(H,26,28)(H2,24,25,30). The van der Waals surface area contributed by atoms with Gasteiger partial charge in [0.2, 0.25) is 5.91 Å². The first-order valence-corrected chi connectivity index (χ1v) is 10.3. The van der Waals surface area contributed by atoms with Gasteiger partial charge in [0.15, 0.2) is 0 Å². The molecule has 1 fully saturated rings. The first-order chi connectivity index (χ1) is 14.6. The fourth-order valence-corrected chi connectivity index (χ4v) is 3.63. The van der Waals surface area contributed by atoms with Crippen molar-refractivity contribution in [1.82, 2.24) is 15.7 Å². The van der Waals surface area contributed by atoms with Crippen LogP contribution in [0.3, 0.4) is 0 Å². The van der Waals surface area contributed by atoms with Crippen LogP contribution in [0.4, 0.5) is 19.3 Å². The van der Waals surface area contributed by atoms with E-state index in [2.05, 4.69) is 10.6 Å². The molecule has 0 saturated heterocycles. The third-order valence-corrected chi connectivity index (χ3v) is 5.30. The summed E-state index contributed by atoms with van der Waals surface area (Å²) in [5.41, 5.74) is 0.598. The van der Waals surface area contributed by atoms with Gasteiger partial charge in [0.05, 0.1) is 5.69 Å². The van der Waals surface area contributed by atoms with Crippen LogP contribution in [0.25, 0.3) is 0 Å². The van der Waals surface area contributed by atoms with Gasteiger partial charge in [-0.2, -0.15) is 0 Å². The van der Waals surface area contributed by atoms with Gasteiger partial charge in [0, 0.05) is 25.6 Å². The van der Waals surface area contributed by atoms with Crippen LogP contribution < -0.4 is 16.1 Å². The van der Waals surface area contributed by atoms with Gasteiger partial charge in [0.1, 0.15) is 18.2 Å². The molecule has 0 aliphatic heterocycles. The maximum atomic E-state index is 13.7. The Hall–Kier alpha value is -2.75. The van der Waals surface area contributed by atoms with Crippen molar-refractivity contribution in [2.75, 3.05) is 25.0 Å². The highest BCUT2D eigenvalue weighted by molar-refractivity contribution is 5.89. The Labute approximate surface area is 180 Å². The first kappa shape index (κ1) is 24.5. The number of urea groups is 1. The summed E-state index contributed by atoms with van der Waals surface area (Å²) in [6.45, 7) is 3.83. The summed E-state index contributed by atoms with van der Waals surface area (Å²) in [6.07, 6.45) is 4.22. The van der Waals surface area contributed by atoms with Crippen LogP contribution in [0.1, 0.15) is 46.0 Å². The average Bonchev–Trinajstić information content (AvgIpc) is 3.21. The summed E-state index contributed by atoms with van der Waals surface area (Å²) >= 11 is 0. The lowest BCUT2D eigenvalue weighted by Crippen LogP contribution is -2.45. The van der Waals surface area contributed by atoms with E-state index in [9.17, 15) is 23.2 Å². The number of benzene rings is 1. The Morgan fingerprint density at radius 2 is 1.87 bits per heavy atom. The minimum absolute atomic E-state index is 0.0486. The number of carbonyl (C=O) groups excluding carboxylic acids is 3. The smallest absolute Gasteiger partial charge is 0.319 e. The largest absolute Gasteiger partial charge is 0.337 e. The minimum atomic E-state index is -0.768. The quantitative estimate of drug-likeness (QED) is 0.349. The van der Waals surface area contributed by atoms with Crippen molar-refractivity contribution >= 4 is 23.5 Å². The second kappa shape index (κ2) is 11.0. The average molecular weight is 440 g/mol. The van der Waals surface area contributed by atoms with E-state index in [0.717, 1.165) is 43.9 Å². The van der Waals surface area contributed by atoms with E-state index >= 15 is 0 Å². The Bertz CT molecular complexity index is 798. The molecule has 0 radical (unpaired) electrons. The number of hydroxylamine groups is 1. The molecule has 4 amide bonds. The SMILES string of the molecule is CC(C)(CNC(=O)Nc1cc(F)ccc1F)CC(=O)N(CC(=O)NO)CC1CCCC1. The van der Waals surface area contributed by atoms with Crippen molar-refractivity contribution in [3.05, 3.63) is 29.8 Å². The van der Waals surface area contributed by atoms with E-state index < -0.39 is 29.0 Å². The zero-order valence-electron chi connectivity index (χ0n) is 17.8. The molecule has 1 saturated carbocycles. The molecule has 0 heterocycles. The summed E-state index contributed by atoms with van der Waals surface area (Å²) in [6, 6.07) is 2.00. The maximum absolute atomic E-state index is 13.7. The van der Waals surface area contributed by atoms with Crippen LogP contribution in [-0.4, -0.2) is 47.6 Å². The Balaban J connectivity index is 1.91. The summed E-state index contributed by atoms with van der Waals surface area (Å²) in [4.78, 5) is 38.0. The van der Waals surface area contributed by atoms with E-state index in [-0.39, 0.29) is 31.1 Å².